The summed E-state index contributed by atoms with van der Waals surface area (Å²) in [4.78, 5) is 22.7. The molecule has 114 valence electrons. The van der Waals surface area contributed by atoms with E-state index in [0.717, 1.165) is 25.2 Å². The van der Waals surface area contributed by atoms with E-state index in [2.05, 4.69) is 5.32 Å². The monoisotopic (exact) mass is 281 g/mol. The molecule has 2 rings (SSSR count). The van der Waals surface area contributed by atoms with E-state index >= 15 is 0 Å². The molecule has 0 aliphatic heterocycles. The van der Waals surface area contributed by atoms with Crippen molar-refractivity contribution in [2.24, 2.45) is 11.8 Å². The van der Waals surface area contributed by atoms with E-state index in [1.807, 2.05) is 0 Å². The van der Waals surface area contributed by atoms with Crippen LogP contribution in [0.4, 0.5) is 0 Å². The van der Waals surface area contributed by atoms with Crippen LogP contribution in [-0.2, 0) is 9.59 Å². The van der Waals surface area contributed by atoms with E-state index in [0.29, 0.717) is 19.3 Å². The van der Waals surface area contributed by atoms with Crippen LogP contribution >= 0.6 is 0 Å². The summed E-state index contributed by atoms with van der Waals surface area (Å²) in [5.74, 6) is 0.118. The van der Waals surface area contributed by atoms with Gasteiger partial charge in [0.1, 0.15) is 0 Å². The lowest BCUT2D eigenvalue weighted by Crippen LogP contribution is -2.38. The number of rotatable bonds is 6. The first kappa shape index (κ1) is 15.3. The van der Waals surface area contributed by atoms with Gasteiger partial charge < -0.3 is 10.4 Å². The predicted molar refractivity (Wildman–Crippen MR) is 77.3 cm³/mol. The Morgan fingerprint density at radius 2 is 1.65 bits per heavy atom. The van der Waals surface area contributed by atoms with Gasteiger partial charge in [-0.3, -0.25) is 9.59 Å². The average molecular weight is 281 g/mol. The quantitative estimate of drug-likeness (QED) is 0.786. The number of aliphatic carboxylic acids is 1. The highest BCUT2D eigenvalue weighted by Crippen LogP contribution is 2.29. The molecule has 20 heavy (non-hydrogen) atoms. The highest BCUT2D eigenvalue weighted by molar-refractivity contribution is 5.76. The molecule has 0 saturated heterocycles. The molecular formula is C16H27NO3. The van der Waals surface area contributed by atoms with Crippen LogP contribution in [0.25, 0.3) is 0 Å². The number of hydrogen-bond acceptors (Lipinski definition) is 2. The largest absolute Gasteiger partial charge is 0.481 e. The molecular weight excluding hydrogens is 254 g/mol. The Hall–Kier alpha value is -1.06. The normalized spacial score (nSPS) is 27.4. The van der Waals surface area contributed by atoms with Crippen molar-refractivity contribution >= 4 is 11.9 Å². The molecule has 4 heteroatoms. The van der Waals surface area contributed by atoms with Gasteiger partial charge in [-0.2, -0.15) is 0 Å². The fourth-order valence-electron chi connectivity index (χ4n) is 3.63. The van der Waals surface area contributed by atoms with Gasteiger partial charge in [0.15, 0.2) is 0 Å². The summed E-state index contributed by atoms with van der Waals surface area (Å²) >= 11 is 0. The van der Waals surface area contributed by atoms with Gasteiger partial charge in [0.05, 0.1) is 5.92 Å². The number of nitrogens with one attached hydrogen (secondary N) is 1. The van der Waals surface area contributed by atoms with E-state index in [9.17, 15) is 9.59 Å². The first-order valence-electron chi connectivity index (χ1n) is 8.17. The molecule has 2 N–H and O–H groups in total. The zero-order chi connectivity index (χ0) is 14.4. The van der Waals surface area contributed by atoms with Gasteiger partial charge in [0, 0.05) is 12.5 Å². The number of carbonyl (C=O) groups is 2. The molecule has 2 aliphatic rings. The van der Waals surface area contributed by atoms with Gasteiger partial charge in [0.2, 0.25) is 5.91 Å². The molecule has 2 saturated carbocycles. The molecule has 0 aromatic heterocycles. The fraction of sp³-hybridized carbons (Fsp3) is 0.875. The molecule has 0 bridgehead atoms. The van der Waals surface area contributed by atoms with Crippen LogP contribution in [0.3, 0.4) is 0 Å². The molecule has 0 radical (unpaired) electrons. The minimum absolute atomic E-state index is 0.154. The Bertz CT molecular complexity index is 329. The highest BCUT2D eigenvalue weighted by atomic mass is 16.4. The Morgan fingerprint density at radius 3 is 2.25 bits per heavy atom. The van der Waals surface area contributed by atoms with Crippen LogP contribution in [-0.4, -0.2) is 23.0 Å². The third-order valence-electron chi connectivity index (χ3n) is 4.93. The van der Waals surface area contributed by atoms with E-state index < -0.39 is 5.97 Å². The second kappa shape index (κ2) is 7.65. The van der Waals surface area contributed by atoms with Gasteiger partial charge in [-0.05, 0) is 44.4 Å². The van der Waals surface area contributed by atoms with Crippen molar-refractivity contribution in [2.45, 2.75) is 76.7 Å². The summed E-state index contributed by atoms with van der Waals surface area (Å²) in [6.45, 7) is 0. The summed E-state index contributed by atoms with van der Waals surface area (Å²) in [7, 11) is 0. The Balaban J connectivity index is 1.56. The number of carboxylic acid groups (broad SMARTS) is 1. The third kappa shape index (κ3) is 4.80. The first-order chi connectivity index (χ1) is 9.65. The number of amides is 1. The van der Waals surface area contributed by atoms with Crippen LogP contribution in [0.1, 0.15) is 70.6 Å². The standard InChI is InChI=1S/C16H27NO3/c18-15(7-3-6-12-4-1-2-5-12)17-14-10-8-13(9-11-14)16(19)20/h12-14H,1-11H2,(H,17,18)(H,19,20). The van der Waals surface area contributed by atoms with Gasteiger partial charge in [-0.25, -0.2) is 0 Å². The van der Waals surface area contributed by atoms with Crippen LogP contribution in [0, 0.1) is 11.8 Å². The van der Waals surface area contributed by atoms with Crippen molar-refractivity contribution in [1.82, 2.24) is 5.32 Å². The first-order valence-corrected chi connectivity index (χ1v) is 8.17. The minimum Gasteiger partial charge on any atom is -0.481 e. The lowest BCUT2D eigenvalue weighted by Gasteiger charge is -2.26. The van der Waals surface area contributed by atoms with Crippen molar-refractivity contribution in [3.63, 3.8) is 0 Å². The number of hydrogen-bond donors (Lipinski definition) is 2. The minimum atomic E-state index is -0.689. The van der Waals surface area contributed by atoms with Crippen molar-refractivity contribution < 1.29 is 14.7 Å². The zero-order valence-corrected chi connectivity index (χ0v) is 12.3. The number of carbonyl (C=O) groups excluding carboxylic acids is 1. The van der Waals surface area contributed by atoms with E-state index in [1.54, 1.807) is 0 Å². The van der Waals surface area contributed by atoms with Gasteiger partial charge >= 0.3 is 5.97 Å². The molecule has 4 nitrogen and oxygen atoms in total. The summed E-state index contributed by atoms with van der Waals surface area (Å²) in [5.41, 5.74) is 0. The second-order valence-electron chi connectivity index (χ2n) is 6.50. The summed E-state index contributed by atoms with van der Waals surface area (Å²) in [5, 5.41) is 12.0. The Morgan fingerprint density at radius 1 is 1.00 bits per heavy atom. The maximum Gasteiger partial charge on any atom is 0.306 e. The van der Waals surface area contributed by atoms with Crippen LogP contribution in [0.5, 0.6) is 0 Å². The van der Waals surface area contributed by atoms with Crippen LogP contribution in [0.15, 0.2) is 0 Å². The molecule has 2 aliphatic carbocycles. The molecule has 0 aromatic rings. The lowest BCUT2D eigenvalue weighted by molar-refractivity contribution is -0.142. The van der Waals surface area contributed by atoms with E-state index in [-0.39, 0.29) is 17.9 Å². The highest BCUT2D eigenvalue weighted by Gasteiger charge is 2.26. The van der Waals surface area contributed by atoms with Gasteiger partial charge in [0.25, 0.3) is 0 Å². The molecule has 2 fully saturated rings. The average Bonchev–Trinajstić information content (AvgIpc) is 2.92. The van der Waals surface area contributed by atoms with Crippen LogP contribution in [0.2, 0.25) is 0 Å². The second-order valence-corrected chi connectivity index (χ2v) is 6.50. The zero-order valence-electron chi connectivity index (χ0n) is 12.3. The summed E-state index contributed by atoms with van der Waals surface area (Å²) in [6, 6.07) is 0.199. The van der Waals surface area contributed by atoms with E-state index in [1.165, 1.54) is 32.1 Å². The summed E-state index contributed by atoms with van der Waals surface area (Å²) < 4.78 is 0. The fourth-order valence-corrected chi connectivity index (χ4v) is 3.63. The smallest absolute Gasteiger partial charge is 0.306 e. The van der Waals surface area contributed by atoms with Crippen molar-refractivity contribution in [3.05, 3.63) is 0 Å². The van der Waals surface area contributed by atoms with Crippen molar-refractivity contribution in [3.8, 4) is 0 Å². The Kier molecular flexibility index (Phi) is 5.86. The van der Waals surface area contributed by atoms with E-state index in [4.69, 9.17) is 5.11 Å². The van der Waals surface area contributed by atoms with Gasteiger partial charge in [-0.15, -0.1) is 0 Å². The number of carboxylic acids is 1. The molecule has 0 spiro atoms. The van der Waals surface area contributed by atoms with Crippen molar-refractivity contribution in [1.29, 1.82) is 0 Å². The van der Waals surface area contributed by atoms with Crippen molar-refractivity contribution in [2.75, 3.05) is 0 Å². The predicted octanol–water partition coefficient (Wildman–Crippen LogP) is 3.11. The molecule has 1 amide bonds. The topological polar surface area (TPSA) is 66.4 Å². The molecule has 0 atom stereocenters. The molecule has 0 heterocycles. The summed E-state index contributed by atoms with van der Waals surface area (Å²) in [6.07, 6.45) is 11.3. The van der Waals surface area contributed by atoms with Crippen LogP contribution < -0.4 is 5.32 Å². The maximum atomic E-state index is 11.9. The third-order valence-corrected chi connectivity index (χ3v) is 4.93. The molecule has 0 aromatic carbocycles. The SMILES string of the molecule is O=C(CCCC1CCCC1)NC1CCC(C(=O)O)CC1. The van der Waals surface area contributed by atoms with Gasteiger partial charge in [-0.1, -0.05) is 25.7 Å². The Labute approximate surface area is 121 Å². The maximum absolute atomic E-state index is 11.9. The lowest BCUT2D eigenvalue weighted by atomic mass is 9.86. The molecule has 0 unspecified atom stereocenters.